The number of aromatic hydroxyl groups is 2. The largest absolute Gasteiger partial charge is 0.508 e. The van der Waals surface area contributed by atoms with Crippen molar-refractivity contribution in [2.75, 3.05) is 39.6 Å². The average Bonchev–Trinajstić information content (AvgIpc) is 3.94. The second-order valence-electron chi connectivity index (χ2n) is 16.4. The molecular formula is C56H62O8. The molecular weight excluding hydrogens is 801 g/mol. The Morgan fingerprint density at radius 2 is 1.03 bits per heavy atom. The molecule has 0 spiro atoms. The smallest absolute Gasteiger partial charge is 0.191 e. The summed E-state index contributed by atoms with van der Waals surface area (Å²) < 4.78 is 27.4. The van der Waals surface area contributed by atoms with E-state index in [-0.39, 0.29) is 24.7 Å². The lowest BCUT2D eigenvalue weighted by atomic mass is 9.69. The Bertz CT molecular complexity index is 2300. The molecule has 6 aromatic carbocycles. The third-order valence-electron chi connectivity index (χ3n) is 12.3. The van der Waals surface area contributed by atoms with Crippen LogP contribution in [0.15, 0.2) is 146 Å². The van der Waals surface area contributed by atoms with Gasteiger partial charge in [-0.15, -0.1) is 0 Å². The fourth-order valence-corrected chi connectivity index (χ4v) is 9.42. The van der Waals surface area contributed by atoms with Crippen molar-refractivity contribution >= 4 is 6.29 Å². The molecule has 0 unspecified atom stereocenters. The third kappa shape index (κ3) is 12.2. The van der Waals surface area contributed by atoms with Crippen molar-refractivity contribution in [1.29, 1.82) is 0 Å². The maximum absolute atomic E-state index is 10.5. The van der Waals surface area contributed by atoms with Gasteiger partial charge < -0.3 is 33.9 Å². The first-order valence-corrected chi connectivity index (χ1v) is 22.9. The summed E-state index contributed by atoms with van der Waals surface area (Å²) in [6.45, 7) is 7.50. The van der Waals surface area contributed by atoms with Crippen LogP contribution in [0.3, 0.4) is 0 Å². The third-order valence-corrected chi connectivity index (χ3v) is 12.3. The predicted octanol–water partition coefficient (Wildman–Crippen LogP) is 11.7. The summed E-state index contributed by atoms with van der Waals surface area (Å²) in [6, 6.07) is 49.3. The second kappa shape index (κ2) is 23.7. The summed E-state index contributed by atoms with van der Waals surface area (Å²) in [7, 11) is 0. The van der Waals surface area contributed by atoms with Crippen LogP contribution in [-0.2, 0) is 31.8 Å². The van der Waals surface area contributed by atoms with Crippen LogP contribution in [0.5, 0.6) is 23.0 Å². The van der Waals surface area contributed by atoms with Crippen LogP contribution in [-0.4, -0.2) is 62.4 Å². The number of aryl methyl sites for hydroxylation is 2. The maximum atomic E-state index is 10.5. The Hall–Kier alpha value is -5.93. The first-order valence-electron chi connectivity index (χ1n) is 22.9. The summed E-state index contributed by atoms with van der Waals surface area (Å²) in [5, 5.41) is 19.9. The van der Waals surface area contributed by atoms with Crippen molar-refractivity contribution in [3.8, 4) is 23.0 Å². The van der Waals surface area contributed by atoms with Gasteiger partial charge in [-0.1, -0.05) is 97.1 Å². The lowest BCUT2D eigenvalue weighted by Crippen LogP contribution is -2.25. The minimum absolute atomic E-state index is 0.0670. The van der Waals surface area contributed by atoms with Crippen LogP contribution in [0.2, 0.25) is 0 Å². The molecule has 8 nitrogen and oxygen atoms in total. The van der Waals surface area contributed by atoms with Gasteiger partial charge in [0.05, 0.1) is 0 Å². The quantitative estimate of drug-likeness (QED) is 0.0824. The molecule has 1 saturated heterocycles. The average molecular weight is 863 g/mol. The number of phenolic OH excluding ortho intramolecular Hbond substituents is 2. The Morgan fingerprint density at radius 3 is 1.44 bits per heavy atom. The normalized spacial score (nSPS) is 18.6. The van der Waals surface area contributed by atoms with E-state index in [1.54, 1.807) is 12.1 Å². The van der Waals surface area contributed by atoms with Gasteiger partial charge >= 0.3 is 0 Å². The van der Waals surface area contributed by atoms with Gasteiger partial charge in [0.25, 0.3) is 0 Å². The van der Waals surface area contributed by atoms with Crippen LogP contribution < -0.4 is 9.47 Å². The van der Waals surface area contributed by atoms with Gasteiger partial charge in [0.15, 0.2) is 12.6 Å². The van der Waals surface area contributed by atoms with Crippen LogP contribution in [0, 0.1) is 0 Å². The molecule has 0 radical (unpaired) electrons. The number of phenols is 2. The van der Waals surface area contributed by atoms with E-state index in [1.165, 1.54) is 57.3 Å². The molecule has 0 bridgehead atoms. The number of hydrogen-bond donors (Lipinski definition) is 2. The van der Waals surface area contributed by atoms with Crippen molar-refractivity contribution in [3.05, 3.63) is 190 Å². The highest BCUT2D eigenvalue weighted by Crippen LogP contribution is 2.48. The van der Waals surface area contributed by atoms with Crippen LogP contribution in [0.4, 0.5) is 0 Å². The van der Waals surface area contributed by atoms with Gasteiger partial charge in [0.2, 0.25) is 0 Å². The van der Waals surface area contributed by atoms with Gasteiger partial charge in [-0.3, -0.25) is 4.79 Å². The lowest BCUT2D eigenvalue weighted by molar-refractivity contribution is -0.152. The number of fused-ring (bicyclic) bond motifs is 2. The van der Waals surface area contributed by atoms with E-state index < -0.39 is 0 Å². The van der Waals surface area contributed by atoms with E-state index in [0.717, 1.165) is 50.9 Å². The van der Waals surface area contributed by atoms with Gasteiger partial charge in [0, 0.05) is 38.3 Å². The molecule has 4 atom stereocenters. The van der Waals surface area contributed by atoms with E-state index in [9.17, 15) is 15.0 Å². The summed E-state index contributed by atoms with van der Waals surface area (Å²) in [6.07, 6.45) is 6.97. The Morgan fingerprint density at radius 1 is 0.578 bits per heavy atom. The topological polar surface area (TPSA) is 104 Å². The molecule has 9 rings (SSSR count). The summed E-state index contributed by atoms with van der Waals surface area (Å²) in [5.74, 6) is 3.38. The number of ether oxygens (including phenoxy) is 5. The first kappa shape index (κ1) is 46.1. The zero-order chi connectivity index (χ0) is 44.5. The van der Waals surface area contributed by atoms with Crippen LogP contribution in [0.25, 0.3) is 0 Å². The van der Waals surface area contributed by atoms with Gasteiger partial charge in [-0.2, -0.15) is 0 Å². The first-order chi connectivity index (χ1) is 31.4. The fraction of sp³-hybridized carbons (Fsp3) is 0.339. The van der Waals surface area contributed by atoms with E-state index >= 15 is 0 Å². The monoisotopic (exact) mass is 862 g/mol. The van der Waals surface area contributed by atoms with E-state index in [4.69, 9.17) is 23.7 Å². The SMILES string of the molecule is C1CCOC1.CCOC(COc1ccc([C@@H]2c3ccc(O)cc3CC[C@@H]2c2ccccc2)cc1)OCC.O=CCOc1ccc([C@@H]2c3ccc(O)cc3CC[C@@H]2c2ccccc2)cc1. The number of rotatable bonds is 14. The molecule has 1 aliphatic heterocycles. The van der Waals surface area contributed by atoms with E-state index in [0.29, 0.717) is 48.9 Å². The van der Waals surface area contributed by atoms with Gasteiger partial charge in [0.1, 0.15) is 36.2 Å². The summed E-state index contributed by atoms with van der Waals surface area (Å²) in [4.78, 5) is 10.5. The molecule has 2 aliphatic carbocycles. The molecule has 0 aromatic heterocycles. The Labute approximate surface area is 378 Å². The van der Waals surface area contributed by atoms with Crippen LogP contribution >= 0.6 is 0 Å². The van der Waals surface area contributed by atoms with Crippen molar-refractivity contribution in [1.82, 2.24) is 0 Å². The van der Waals surface area contributed by atoms with Crippen molar-refractivity contribution < 1.29 is 38.7 Å². The Balaban J connectivity index is 0.000000174. The molecule has 3 aliphatic rings. The molecule has 2 N–H and O–H groups in total. The number of carbonyl (C=O) groups is 1. The highest BCUT2D eigenvalue weighted by atomic mass is 16.7. The number of benzene rings is 6. The number of carbonyl (C=O) groups excluding carboxylic acids is 1. The zero-order valence-corrected chi connectivity index (χ0v) is 37.1. The highest BCUT2D eigenvalue weighted by Gasteiger charge is 2.33. The summed E-state index contributed by atoms with van der Waals surface area (Å²) >= 11 is 0. The van der Waals surface area contributed by atoms with Gasteiger partial charge in [-0.25, -0.2) is 0 Å². The molecule has 6 aromatic rings. The molecule has 8 heteroatoms. The molecule has 334 valence electrons. The van der Waals surface area contributed by atoms with Gasteiger partial charge in [-0.05, 0) is 157 Å². The van der Waals surface area contributed by atoms with E-state index in [2.05, 4.69) is 91.0 Å². The molecule has 1 heterocycles. The van der Waals surface area contributed by atoms with E-state index in [1.807, 2.05) is 56.3 Å². The number of hydrogen-bond acceptors (Lipinski definition) is 8. The number of aldehydes is 1. The molecule has 0 saturated carbocycles. The van der Waals surface area contributed by atoms with Crippen molar-refractivity contribution in [2.24, 2.45) is 0 Å². The zero-order valence-electron chi connectivity index (χ0n) is 37.1. The molecule has 1 fully saturated rings. The minimum Gasteiger partial charge on any atom is -0.508 e. The van der Waals surface area contributed by atoms with Crippen molar-refractivity contribution in [2.45, 2.75) is 82.3 Å². The lowest BCUT2D eigenvalue weighted by Gasteiger charge is -2.35. The Kier molecular flexibility index (Phi) is 17.0. The molecule has 0 amide bonds. The minimum atomic E-state index is -0.356. The van der Waals surface area contributed by atoms with Crippen LogP contribution in [0.1, 0.15) is 108 Å². The predicted molar refractivity (Wildman–Crippen MR) is 252 cm³/mol. The summed E-state index contributed by atoms with van der Waals surface area (Å²) in [5.41, 5.74) is 10.2. The maximum Gasteiger partial charge on any atom is 0.191 e. The standard InChI is InChI=1S/C28H32O4.C24H22O3.C4H8O/c1-3-30-27(31-4-2)19-32-24-14-10-21(11-15-24)28-25(20-8-6-5-7-9-20)16-12-22-18-23(29)13-17-26(22)28;25-14-15-27-21-10-6-18(7-11-21)24-22(17-4-2-1-3-5-17)12-8-19-16-20(26)9-13-23(19)24;1-2-4-5-3-1/h5-11,13-15,17-18,25,27-29H,3-4,12,16,19H2,1-2H3;1-7,9-11,13-14,16,22,24,26H,8,12,15H2;1-4H2/t25-,28+;22-,24+;/m11./s1. The molecule has 64 heavy (non-hydrogen) atoms. The highest BCUT2D eigenvalue weighted by molar-refractivity contribution is 5.52. The second-order valence-corrected chi connectivity index (χ2v) is 16.4. The fourth-order valence-electron chi connectivity index (χ4n) is 9.42. The van der Waals surface area contributed by atoms with Crippen molar-refractivity contribution in [3.63, 3.8) is 0 Å².